The number of methoxy groups -OCH3 is 1. The lowest BCUT2D eigenvalue weighted by molar-refractivity contribution is -0.224. The minimum absolute atomic E-state index is 0.132. The first-order valence-electron chi connectivity index (χ1n) is 9.52. The van der Waals surface area contributed by atoms with Gasteiger partial charge in [0.2, 0.25) is 5.79 Å². The van der Waals surface area contributed by atoms with Gasteiger partial charge in [-0.05, 0) is 30.7 Å². The second-order valence-electron chi connectivity index (χ2n) is 7.28. The van der Waals surface area contributed by atoms with E-state index in [-0.39, 0.29) is 12.2 Å². The van der Waals surface area contributed by atoms with Crippen molar-refractivity contribution in [3.8, 4) is 5.75 Å². The number of hydrogen-bond acceptors (Lipinski definition) is 7. The predicted octanol–water partition coefficient (Wildman–Crippen LogP) is 4.05. The molecule has 0 aliphatic carbocycles. The minimum atomic E-state index is -0.948. The first-order chi connectivity index (χ1) is 14.3. The van der Waals surface area contributed by atoms with Crippen molar-refractivity contribution in [3.05, 3.63) is 70.9 Å². The Labute approximate surface area is 175 Å². The fraction of sp³-hybridized carbons (Fsp3) is 0.304. The molecule has 1 aliphatic rings. The fourth-order valence-corrected chi connectivity index (χ4v) is 2.91. The average molecular weight is 411 g/mol. The van der Waals surface area contributed by atoms with Gasteiger partial charge in [0.25, 0.3) is 0 Å². The highest BCUT2D eigenvalue weighted by Crippen LogP contribution is 2.27. The predicted molar refractivity (Wildman–Crippen MR) is 111 cm³/mol. The molecular formula is C23H25NO6. The summed E-state index contributed by atoms with van der Waals surface area (Å²) in [5.74, 6) is -1.50. The summed E-state index contributed by atoms with van der Waals surface area (Å²) >= 11 is 0. The number of carbonyl (C=O) groups is 2. The van der Waals surface area contributed by atoms with Crippen molar-refractivity contribution in [2.24, 2.45) is 0 Å². The van der Waals surface area contributed by atoms with Gasteiger partial charge in [0.05, 0.1) is 19.3 Å². The zero-order chi connectivity index (χ0) is 21.7. The molecule has 1 saturated heterocycles. The molecule has 0 radical (unpaired) electrons. The van der Waals surface area contributed by atoms with E-state index in [1.807, 2.05) is 30.3 Å². The van der Waals surface area contributed by atoms with Crippen molar-refractivity contribution < 1.29 is 28.5 Å². The van der Waals surface area contributed by atoms with E-state index in [9.17, 15) is 9.59 Å². The maximum atomic E-state index is 12.3. The van der Waals surface area contributed by atoms with E-state index in [1.54, 1.807) is 39.0 Å². The van der Waals surface area contributed by atoms with Crippen LogP contribution in [0.4, 0.5) is 5.69 Å². The van der Waals surface area contributed by atoms with Crippen molar-refractivity contribution in [3.63, 3.8) is 0 Å². The van der Waals surface area contributed by atoms with E-state index in [0.717, 1.165) is 5.56 Å². The third-order valence-corrected chi connectivity index (χ3v) is 4.56. The highest BCUT2D eigenvalue weighted by Gasteiger charge is 2.33. The molecular weight excluding hydrogens is 386 g/mol. The number of hydrogen-bond donors (Lipinski definition) is 1. The van der Waals surface area contributed by atoms with Crippen molar-refractivity contribution >= 4 is 17.6 Å². The number of benzene rings is 2. The molecule has 7 nitrogen and oxygen atoms in total. The number of carbonyl (C=O) groups excluding carboxylic acids is 2. The van der Waals surface area contributed by atoms with Crippen molar-refractivity contribution in [1.29, 1.82) is 0 Å². The molecule has 2 aromatic rings. The third-order valence-electron chi connectivity index (χ3n) is 4.56. The van der Waals surface area contributed by atoms with Crippen LogP contribution in [0.2, 0.25) is 0 Å². The molecule has 30 heavy (non-hydrogen) atoms. The maximum absolute atomic E-state index is 12.3. The van der Waals surface area contributed by atoms with E-state index >= 15 is 0 Å². The maximum Gasteiger partial charge on any atom is 0.341 e. The second-order valence-corrected chi connectivity index (χ2v) is 7.28. The van der Waals surface area contributed by atoms with Crippen LogP contribution in [0.3, 0.4) is 0 Å². The first kappa shape index (κ1) is 21.4. The average Bonchev–Trinajstić information content (AvgIpc) is 2.72. The molecule has 2 aromatic carbocycles. The summed E-state index contributed by atoms with van der Waals surface area (Å²) < 4.78 is 21.5. The van der Waals surface area contributed by atoms with Gasteiger partial charge < -0.3 is 24.3 Å². The van der Waals surface area contributed by atoms with Crippen LogP contribution in [0.1, 0.15) is 36.7 Å². The molecule has 0 spiro atoms. The fourth-order valence-electron chi connectivity index (χ4n) is 2.91. The molecule has 3 rings (SSSR count). The van der Waals surface area contributed by atoms with Gasteiger partial charge in [-0.3, -0.25) is 0 Å². The Kier molecular flexibility index (Phi) is 6.42. The molecule has 0 atom stereocenters. The van der Waals surface area contributed by atoms with Gasteiger partial charge in [0, 0.05) is 25.2 Å². The zero-order valence-electron chi connectivity index (χ0n) is 17.5. The lowest BCUT2D eigenvalue weighted by Gasteiger charge is -2.31. The molecule has 0 amide bonds. The summed E-state index contributed by atoms with van der Waals surface area (Å²) in [7, 11) is 1.31. The van der Waals surface area contributed by atoms with E-state index in [0.29, 0.717) is 29.3 Å². The van der Waals surface area contributed by atoms with E-state index < -0.39 is 17.7 Å². The summed E-state index contributed by atoms with van der Waals surface area (Å²) in [6, 6.07) is 14.7. The van der Waals surface area contributed by atoms with Crippen molar-refractivity contribution in [2.45, 2.75) is 33.2 Å². The van der Waals surface area contributed by atoms with E-state index in [2.05, 4.69) is 5.32 Å². The lowest BCUT2D eigenvalue weighted by Crippen LogP contribution is -2.39. The molecule has 1 heterocycles. The topological polar surface area (TPSA) is 83.1 Å². The van der Waals surface area contributed by atoms with Crippen LogP contribution in [-0.4, -0.2) is 31.4 Å². The molecule has 7 heteroatoms. The number of ether oxygens (including phenoxy) is 4. The van der Waals surface area contributed by atoms with Gasteiger partial charge in [0.15, 0.2) is 0 Å². The van der Waals surface area contributed by atoms with Crippen molar-refractivity contribution in [1.82, 2.24) is 0 Å². The molecule has 1 fully saturated rings. The van der Waals surface area contributed by atoms with E-state index in [4.69, 9.17) is 18.9 Å². The Bertz CT molecular complexity index is 965. The molecule has 1 aliphatic heterocycles. The highest BCUT2D eigenvalue weighted by molar-refractivity contribution is 5.94. The van der Waals surface area contributed by atoms with Crippen LogP contribution < -0.4 is 10.1 Å². The third kappa shape index (κ3) is 5.18. The van der Waals surface area contributed by atoms with Crippen molar-refractivity contribution in [2.75, 3.05) is 19.0 Å². The van der Waals surface area contributed by atoms with Gasteiger partial charge in [-0.15, -0.1) is 0 Å². The molecule has 1 N–H and O–H groups in total. The number of anilines is 1. The normalized spacial score (nSPS) is 17.0. The number of esters is 2. The van der Waals surface area contributed by atoms with Gasteiger partial charge in [-0.25, -0.2) is 9.59 Å². The Morgan fingerprint density at radius 1 is 1.17 bits per heavy atom. The summed E-state index contributed by atoms with van der Waals surface area (Å²) in [4.78, 5) is 24.5. The summed E-state index contributed by atoms with van der Waals surface area (Å²) in [5, 5.41) is 3.13. The van der Waals surface area contributed by atoms with E-state index in [1.165, 1.54) is 7.11 Å². The Morgan fingerprint density at radius 2 is 1.90 bits per heavy atom. The molecule has 0 saturated carbocycles. The Morgan fingerprint density at radius 3 is 2.57 bits per heavy atom. The quantitative estimate of drug-likeness (QED) is 0.567. The number of nitrogens with one attached hydrogen (secondary N) is 1. The van der Waals surface area contributed by atoms with Gasteiger partial charge in [0.1, 0.15) is 17.9 Å². The first-order valence-corrected chi connectivity index (χ1v) is 9.52. The minimum Gasteiger partial charge on any atom is -0.488 e. The Balaban J connectivity index is 1.80. The number of rotatable bonds is 6. The second kappa shape index (κ2) is 9.00. The summed E-state index contributed by atoms with van der Waals surface area (Å²) in [5.41, 5.74) is 2.82. The lowest BCUT2D eigenvalue weighted by atomic mass is 10.1. The van der Waals surface area contributed by atoms with Crippen LogP contribution in [0, 0.1) is 0 Å². The monoisotopic (exact) mass is 411 g/mol. The van der Waals surface area contributed by atoms with Crippen LogP contribution in [0.25, 0.3) is 0 Å². The van der Waals surface area contributed by atoms with Gasteiger partial charge in [-0.2, -0.15) is 0 Å². The standard InChI is InChI=1S/C23H25NO6/c1-15(19-14-29-23(2,3)30-22(19)26)24-17-10-11-20(18(12-17)21(25)27-4)28-13-16-8-6-5-7-9-16/h5-12,24H,13-14H2,1-4H3/b19-15+. The Hall–Kier alpha value is -3.32. The smallest absolute Gasteiger partial charge is 0.341 e. The zero-order valence-corrected chi connectivity index (χ0v) is 17.5. The summed E-state index contributed by atoms with van der Waals surface area (Å²) in [6.45, 7) is 5.56. The van der Waals surface area contributed by atoms with Crippen LogP contribution in [-0.2, 0) is 25.6 Å². The largest absolute Gasteiger partial charge is 0.488 e. The molecule has 0 unspecified atom stereocenters. The van der Waals surface area contributed by atoms with Gasteiger partial charge >= 0.3 is 11.9 Å². The number of allylic oxidation sites excluding steroid dienone is 1. The molecule has 0 bridgehead atoms. The summed E-state index contributed by atoms with van der Waals surface area (Å²) in [6.07, 6.45) is 0. The van der Waals surface area contributed by atoms with Crippen LogP contribution in [0.15, 0.2) is 59.8 Å². The van der Waals surface area contributed by atoms with Crippen LogP contribution in [0.5, 0.6) is 5.75 Å². The molecule has 158 valence electrons. The highest BCUT2D eigenvalue weighted by atomic mass is 16.7. The van der Waals surface area contributed by atoms with Gasteiger partial charge in [-0.1, -0.05) is 30.3 Å². The SMILES string of the molecule is COC(=O)c1cc(N/C(C)=C2\COC(C)(C)OC2=O)ccc1OCc1ccccc1. The number of cyclic esters (lactones) is 1. The van der Waals surface area contributed by atoms with Crippen LogP contribution >= 0.6 is 0 Å². The molecule has 0 aromatic heterocycles.